The molecule has 0 radical (unpaired) electrons. The number of rotatable bonds is 4. The fourth-order valence-electron chi connectivity index (χ4n) is 3.19. The standard InChI is InChI=1S/C13H16O8S/c1-6(2)12(15)18-5-8(14)19-11-10-9-7(21-22(10,16)17)4-13(11,3)20-9/h7,9-11H,1,4-5H2,2-3H3/t7?,9?,10?,11-,13?/m0/s1. The summed E-state index contributed by atoms with van der Waals surface area (Å²) < 4.78 is 44.5. The van der Waals surface area contributed by atoms with Crippen molar-refractivity contribution in [3.63, 3.8) is 0 Å². The van der Waals surface area contributed by atoms with Crippen molar-refractivity contribution in [1.82, 2.24) is 0 Å². The van der Waals surface area contributed by atoms with Gasteiger partial charge in [0.1, 0.15) is 17.8 Å². The van der Waals surface area contributed by atoms with Gasteiger partial charge in [-0.3, -0.25) is 4.18 Å². The molecule has 0 aromatic rings. The third kappa shape index (κ3) is 2.24. The van der Waals surface area contributed by atoms with Crippen LogP contribution in [0.2, 0.25) is 0 Å². The molecule has 3 saturated heterocycles. The molecule has 0 N–H and O–H groups in total. The lowest BCUT2D eigenvalue weighted by molar-refractivity contribution is -0.165. The fourth-order valence-corrected chi connectivity index (χ4v) is 5.04. The number of ether oxygens (including phenoxy) is 3. The highest BCUT2D eigenvalue weighted by Gasteiger charge is 2.72. The first kappa shape index (κ1) is 15.4. The van der Waals surface area contributed by atoms with Crippen LogP contribution >= 0.6 is 0 Å². The van der Waals surface area contributed by atoms with E-state index in [0.29, 0.717) is 6.42 Å². The van der Waals surface area contributed by atoms with Gasteiger partial charge in [0.25, 0.3) is 10.1 Å². The summed E-state index contributed by atoms with van der Waals surface area (Å²) in [5.74, 6) is -1.56. The molecule has 0 aliphatic carbocycles. The zero-order valence-electron chi connectivity index (χ0n) is 12.1. The maximum absolute atomic E-state index is 12.0. The predicted molar refractivity (Wildman–Crippen MR) is 71.1 cm³/mol. The van der Waals surface area contributed by atoms with Crippen LogP contribution in [-0.4, -0.2) is 56.1 Å². The van der Waals surface area contributed by atoms with E-state index in [-0.39, 0.29) is 5.57 Å². The number of fused-ring (bicyclic) bond motifs is 1. The second-order valence-electron chi connectivity index (χ2n) is 5.96. The first-order chi connectivity index (χ1) is 10.1. The van der Waals surface area contributed by atoms with Crippen LogP contribution in [0.1, 0.15) is 20.3 Å². The van der Waals surface area contributed by atoms with Gasteiger partial charge in [0.15, 0.2) is 18.0 Å². The summed E-state index contributed by atoms with van der Waals surface area (Å²) >= 11 is 0. The number of hydrogen-bond donors (Lipinski definition) is 0. The van der Waals surface area contributed by atoms with Crippen LogP contribution in [0.3, 0.4) is 0 Å². The average molecular weight is 332 g/mol. The molecule has 5 atom stereocenters. The van der Waals surface area contributed by atoms with E-state index in [0.717, 1.165) is 0 Å². The van der Waals surface area contributed by atoms with Gasteiger partial charge in [-0.1, -0.05) is 6.58 Å². The Balaban J connectivity index is 1.69. The molecule has 122 valence electrons. The molecule has 22 heavy (non-hydrogen) atoms. The van der Waals surface area contributed by atoms with E-state index in [1.165, 1.54) is 6.92 Å². The molecule has 0 aromatic heterocycles. The van der Waals surface area contributed by atoms with Gasteiger partial charge in [-0.25, -0.2) is 9.59 Å². The van der Waals surface area contributed by atoms with Crippen molar-refractivity contribution in [2.24, 2.45) is 0 Å². The highest BCUT2D eigenvalue weighted by atomic mass is 32.2. The number of esters is 2. The van der Waals surface area contributed by atoms with Crippen LogP contribution in [0, 0.1) is 0 Å². The summed E-state index contributed by atoms with van der Waals surface area (Å²) in [6, 6.07) is 0. The molecule has 2 bridgehead atoms. The lowest BCUT2D eigenvalue weighted by Crippen LogP contribution is -2.49. The first-order valence-corrected chi connectivity index (χ1v) is 8.23. The summed E-state index contributed by atoms with van der Waals surface area (Å²) in [7, 11) is -3.83. The Hall–Kier alpha value is -1.45. The predicted octanol–water partition coefficient (Wildman–Crippen LogP) is -0.324. The van der Waals surface area contributed by atoms with Crippen LogP contribution in [0.4, 0.5) is 0 Å². The molecule has 3 aliphatic heterocycles. The van der Waals surface area contributed by atoms with Gasteiger partial charge in [-0.2, -0.15) is 8.42 Å². The number of carbonyl (C=O) groups excluding carboxylic acids is 2. The Morgan fingerprint density at radius 1 is 1.41 bits per heavy atom. The normalized spacial score (nSPS) is 40.5. The van der Waals surface area contributed by atoms with Crippen molar-refractivity contribution in [3.8, 4) is 0 Å². The van der Waals surface area contributed by atoms with Crippen LogP contribution in [0.25, 0.3) is 0 Å². The van der Waals surface area contributed by atoms with Crippen molar-refractivity contribution in [2.45, 2.75) is 49.4 Å². The third-order valence-electron chi connectivity index (χ3n) is 4.12. The molecule has 3 fully saturated rings. The molecule has 0 spiro atoms. The Bertz CT molecular complexity index is 649. The Kier molecular flexibility index (Phi) is 3.35. The molecule has 3 aliphatic rings. The van der Waals surface area contributed by atoms with Crippen LogP contribution < -0.4 is 0 Å². The van der Waals surface area contributed by atoms with Crippen molar-refractivity contribution in [2.75, 3.05) is 6.61 Å². The lowest BCUT2D eigenvalue weighted by Gasteiger charge is -2.29. The molecule has 3 rings (SSSR count). The number of hydrogen-bond acceptors (Lipinski definition) is 8. The molecule has 0 amide bonds. The van der Waals surface area contributed by atoms with Crippen molar-refractivity contribution in [1.29, 1.82) is 0 Å². The zero-order chi connectivity index (χ0) is 16.3. The van der Waals surface area contributed by atoms with Crippen molar-refractivity contribution in [3.05, 3.63) is 12.2 Å². The Morgan fingerprint density at radius 2 is 2.09 bits per heavy atom. The highest BCUT2D eigenvalue weighted by Crippen LogP contribution is 2.53. The SMILES string of the molecule is C=C(C)C(=O)OCC(=O)O[C@H]1C2C3OC1(C)CC3OS2(=O)=O. The van der Waals surface area contributed by atoms with E-state index in [2.05, 4.69) is 11.3 Å². The summed E-state index contributed by atoms with van der Waals surface area (Å²) in [4.78, 5) is 23.0. The topological polar surface area (TPSA) is 105 Å². The molecule has 3 heterocycles. The minimum atomic E-state index is -3.83. The molecule has 4 unspecified atom stereocenters. The van der Waals surface area contributed by atoms with E-state index < -0.39 is 57.8 Å². The average Bonchev–Trinajstić information content (AvgIpc) is 2.91. The quantitative estimate of drug-likeness (QED) is 0.392. The van der Waals surface area contributed by atoms with E-state index in [1.54, 1.807) is 6.92 Å². The van der Waals surface area contributed by atoms with E-state index in [1.807, 2.05) is 0 Å². The van der Waals surface area contributed by atoms with E-state index in [4.69, 9.17) is 13.7 Å². The lowest BCUT2D eigenvalue weighted by atomic mass is 9.85. The van der Waals surface area contributed by atoms with E-state index in [9.17, 15) is 18.0 Å². The van der Waals surface area contributed by atoms with Crippen LogP contribution in [0.15, 0.2) is 12.2 Å². The molecule has 0 aromatic carbocycles. The molecule has 0 saturated carbocycles. The zero-order valence-corrected chi connectivity index (χ0v) is 12.9. The van der Waals surface area contributed by atoms with Gasteiger partial charge in [0, 0.05) is 12.0 Å². The number of carbonyl (C=O) groups is 2. The third-order valence-corrected chi connectivity index (χ3v) is 5.82. The van der Waals surface area contributed by atoms with Crippen molar-refractivity contribution >= 4 is 22.1 Å². The summed E-state index contributed by atoms with van der Waals surface area (Å²) in [6.07, 6.45) is -1.78. The molecular formula is C13H16O8S. The second-order valence-corrected chi connectivity index (χ2v) is 7.68. The van der Waals surface area contributed by atoms with E-state index >= 15 is 0 Å². The summed E-state index contributed by atoms with van der Waals surface area (Å²) in [5.41, 5.74) is -0.755. The van der Waals surface area contributed by atoms with Crippen molar-refractivity contribution < 1.29 is 36.4 Å². The summed E-state index contributed by atoms with van der Waals surface area (Å²) in [5, 5.41) is -1.03. The monoisotopic (exact) mass is 332 g/mol. The summed E-state index contributed by atoms with van der Waals surface area (Å²) in [6.45, 7) is 5.90. The Morgan fingerprint density at radius 3 is 2.73 bits per heavy atom. The first-order valence-electron chi connectivity index (χ1n) is 6.76. The largest absolute Gasteiger partial charge is 0.455 e. The van der Waals surface area contributed by atoms with Gasteiger partial charge >= 0.3 is 11.9 Å². The Labute approximate surface area is 127 Å². The minimum absolute atomic E-state index is 0.151. The van der Waals surface area contributed by atoms with Gasteiger partial charge in [-0.05, 0) is 13.8 Å². The maximum Gasteiger partial charge on any atom is 0.344 e. The van der Waals surface area contributed by atoms with Gasteiger partial charge in [0.2, 0.25) is 0 Å². The molecular weight excluding hydrogens is 316 g/mol. The highest BCUT2D eigenvalue weighted by molar-refractivity contribution is 7.87. The molecule has 8 nitrogen and oxygen atoms in total. The van der Waals surface area contributed by atoms with Gasteiger partial charge in [-0.15, -0.1) is 0 Å². The van der Waals surface area contributed by atoms with Crippen LogP contribution in [0.5, 0.6) is 0 Å². The van der Waals surface area contributed by atoms with Gasteiger partial charge in [0.05, 0.1) is 0 Å². The minimum Gasteiger partial charge on any atom is -0.455 e. The molecule has 9 heteroatoms. The van der Waals surface area contributed by atoms with Crippen LogP contribution in [-0.2, 0) is 38.1 Å². The fraction of sp³-hybridized carbons (Fsp3) is 0.692. The second kappa shape index (κ2) is 4.77. The van der Waals surface area contributed by atoms with Gasteiger partial charge < -0.3 is 14.2 Å². The maximum atomic E-state index is 12.0. The smallest absolute Gasteiger partial charge is 0.344 e.